The lowest BCUT2D eigenvalue weighted by atomic mass is 9.94. The standard InChI is InChI=1S/C20H18F3N3O3.C19H15F4N3O2/c1-28-14-4-6-26-15(10-24-17(26)9-14)13-7-12-3-5-25(11-20(21,22)23)19(27)18(12)16(8-13)29-2;1-28-15-7-12(14-9-24-16-8-13(20)3-5-26(14)16)6-11-2-4-25(10-19(21,22)23)18(27)17(11)15/h4,6-10H,3,5,11H2,1-2H3;3,5-9H,2,4,10H2,1H3. The third kappa shape index (κ3) is 7.88. The molecule has 11 nitrogen and oxygen atoms in total. The van der Waals surface area contributed by atoms with Crippen molar-refractivity contribution in [2.75, 3.05) is 47.5 Å². The van der Waals surface area contributed by atoms with Crippen LogP contribution >= 0.6 is 0 Å². The van der Waals surface area contributed by atoms with Gasteiger partial charge in [0.25, 0.3) is 11.8 Å². The Morgan fingerprint density at radius 3 is 1.53 bits per heavy atom. The summed E-state index contributed by atoms with van der Waals surface area (Å²) < 4.78 is 109. The summed E-state index contributed by atoms with van der Waals surface area (Å²) in [6.07, 6.45) is -1.72. The lowest BCUT2D eigenvalue weighted by molar-refractivity contribution is -0.141. The summed E-state index contributed by atoms with van der Waals surface area (Å²) in [4.78, 5) is 35.4. The number of methoxy groups -OCH3 is 3. The van der Waals surface area contributed by atoms with Crippen molar-refractivity contribution in [3.05, 3.63) is 101 Å². The lowest BCUT2D eigenvalue weighted by Gasteiger charge is -2.30. The van der Waals surface area contributed by atoms with Crippen molar-refractivity contribution in [2.24, 2.45) is 0 Å². The number of fused-ring (bicyclic) bond motifs is 4. The molecule has 0 fully saturated rings. The molecule has 6 heterocycles. The topological polar surface area (TPSA) is 103 Å². The molecule has 298 valence electrons. The maximum atomic E-state index is 13.4. The number of pyridine rings is 2. The van der Waals surface area contributed by atoms with Crippen LogP contribution in [0.15, 0.2) is 73.3 Å². The molecule has 0 atom stereocenters. The van der Waals surface area contributed by atoms with Crippen LogP contribution in [0.4, 0.5) is 30.7 Å². The van der Waals surface area contributed by atoms with Crippen LogP contribution in [0.3, 0.4) is 0 Å². The summed E-state index contributed by atoms with van der Waals surface area (Å²) in [6, 6.07) is 13.0. The molecule has 0 spiro atoms. The van der Waals surface area contributed by atoms with E-state index in [1.807, 2.05) is 16.7 Å². The monoisotopic (exact) mass is 798 g/mol. The van der Waals surface area contributed by atoms with Gasteiger partial charge < -0.3 is 24.0 Å². The van der Waals surface area contributed by atoms with E-state index in [1.54, 1.807) is 54.2 Å². The maximum absolute atomic E-state index is 13.4. The van der Waals surface area contributed by atoms with Gasteiger partial charge in [0.05, 0.1) is 56.2 Å². The molecule has 2 aliphatic heterocycles. The number of ether oxygens (including phenoxy) is 3. The number of amides is 2. The van der Waals surface area contributed by atoms with Crippen molar-refractivity contribution < 1.29 is 54.5 Å². The Morgan fingerprint density at radius 1 is 0.632 bits per heavy atom. The minimum absolute atomic E-state index is 0.00228. The molecule has 8 rings (SSSR count). The van der Waals surface area contributed by atoms with Gasteiger partial charge in [-0.15, -0.1) is 0 Å². The molecular formula is C39H33F7N6O5. The van der Waals surface area contributed by atoms with E-state index >= 15 is 0 Å². The van der Waals surface area contributed by atoms with Gasteiger partial charge in [-0.1, -0.05) is 0 Å². The summed E-state index contributed by atoms with van der Waals surface area (Å²) in [6.45, 7) is -2.60. The van der Waals surface area contributed by atoms with Crippen molar-refractivity contribution in [1.29, 1.82) is 0 Å². The van der Waals surface area contributed by atoms with Gasteiger partial charge >= 0.3 is 12.4 Å². The number of aromatic nitrogens is 4. The minimum atomic E-state index is -4.47. The van der Waals surface area contributed by atoms with Gasteiger partial charge in [0, 0.05) is 48.7 Å². The summed E-state index contributed by atoms with van der Waals surface area (Å²) in [7, 11) is 4.33. The van der Waals surface area contributed by atoms with E-state index in [9.17, 15) is 40.3 Å². The van der Waals surface area contributed by atoms with E-state index < -0.39 is 43.1 Å². The number of hydrogen-bond acceptors (Lipinski definition) is 7. The average molecular weight is 799 g/mol. The van der Waals surface area contributed by atoms with Gasteiger partial charge in [-0.25, -0.2) is 14.4 Å². The first-order valence-electron chi connectivity index (χ1n) is 17.4. The number of imidazole rings is 2. The molecule has 4 aromatic heterocycles. The Morgan fingerprint density at radius 2 is 1.09 bits per heavy atom. The molecule has 2 aliphatic rings. The van der Waals surface area contributed by atoms with E-state index in [0.29, 0.717) is 45.8 Å². The first-order valence-corrected chi connectivity index (χ1v) is 17.4. The zero-order valence-corrected chi connectivity index (χ0v) is 30.5. The van der Waals surface area contributed by atoms with E-state index in [0.717, 1.165) is 21.1 Å². The van der Waals surface area contributed by atoms with Crippen LogP contribution in [0.5, 0.6) is 17.2 Å². The molecule has 0 unspecified atom stereocenters. The quantitative estimate of drug-likeness (QED) is 0.157. The molecule has 0 aliphatic carbocycles. The van der Waals surface area contributed by atoms with Crippen LogP contribution in [0.2, 0.25) is 0 Å². The molecule has 0 saturated heterocycles. The van der Waals surface area contributed by atoms with Gasteiger partial charge in [-0.3, -0.25) is 18.4 Å². The number of carbonyl (C=O) groups excluding carboxylic acids is 2. The van der Waals surface area contributed by atoms with Crippen LogP contribution in [0.25, 0.3) is 33.8 Å². The second-order valence-corrected chi connectivity index (χ2v) is 13.3. The van der Waals surface area contributed by atoms with Crippen molar-refractivity contribution in [3.63, 3.8) is 0 Å². The minimum Gasteiger partial charge on any atom is -0.497 e. The largest absolute Gasteiger partial charge is 0.497 e. The molecule has 0 saturated carbocycles. The van der Waals surface area contributed by atoms with Crippen molar-refractivity contribution in [2.45, 2.75) is 25.2 Å². The fraction of sp³-hybridized carbons (Fsp3) is 0.282. The highest BCUT2D eigenvalue weighted by molar-refractivity contribution is 6.01. The number of nitrogens with zero attached hydrogens (tertiary/aromatic N) is 6. The van der Waals surface area contributed by atoms with Crippen LogP contribution in [-0.4, -0.2) is 100 Å². The number of benzene rings is 2. The molecule has 0 N–H and O–H groups in total. The Labute approximate surface area is 319 Å². The van der Waals surface area contributed by atoms with E-state index in [-0.39, 0.29) is 42.1 Å². The molecule has 2 amide bonds. The summed E-state index contributed by atoms with van der Waals surface area (Å²) in [5, 5.41) is 0. The van der Waals surface area contributed by atoms with Gasteiger partial charge in [-0.2, -0.15) is 26.3 Å². The summed E-state index contributed by atoms with van der Waals surface area (Å²) in [5.41, 5.74) is 5.55. The van der Waals surface area contributed by atoms with Gasteiger partial charge in [-0.05, 0) is 60.4 Å². The molecule has 0 radical (unpaired) electrons. The average Bonchev–Trinajstić information content (AvgIpc) is 3.79. The first kappa shape index (κ1) is 38.9. The van der Waals surface area contributed by atoms with E-state index in [1.165, 1.54) is 32.5 Å². The third-order valence-corrected chi connectivity index (χ3v) is 9.64. The normalized spacial score (nSPS) is 14.4. The Balaban J connectivity index is 0.000000174. The number of alkyl halides is 6. The Hall–Kier alpha value is -6.33. The van der Waals surface area contributed by atoms with Crippen LogP contribution in [0.1, 0.15) is 31.8 Å². The summed E-state index contributed by atoms with van der Waals surface area (Å²) in [5.74, 6) is -0.674. The maximum Gasteiger partial charge on any atom is 0.406 e. The second-order valence-electron chi connectivity index (χ2n) is 13.3. The fourth-order valence-electron chi connectivity index (χ4n) is 7.08. The molecule has 6 aromatic rings. The lowest BCUT2D eigenvalue weighted by Crippen LogP contribution is -2.43. The van der Waals surface area contributed by atoms with Crippen molar-refractivity contribution in [1.82, 2.24) is 28.6 Å². The Kier molecular flexibility index (Phi) is 10.2. The number of carbonyl (C=O) groups is 2. The number of rotatable bonds is 7. The van der Waals surface area contributed by atoms with Crippen LogP contribution in [0, 0.1) is 5.82 Å². The third-order valence-electron chi connectivity index (χ3n) is 9.64. The highest BCUT2D eigenvalue weighted by Gasteiger charge is 2.38. The second kappa shape index (κ2) is 15.0. The molecule has 57 heavy (non-hydrogen) atoms. The smallest absolute Gasteiger partial charge is 0.406 e. The van der Waals surface area contributed by atoms with Crippen molar-refractivity contribution in [3.8, 4) is 39.8 Å². The van der Waals surface area contributed by atoms with Crippen LogP contribution in [-0.2, 0) is 12.8 Å². The number of hydrogen-bond donors (Lipinski definition) is 0. The highest BCUT2D eigenvalue weighted by Crippen LogP contribution is 2.37. The highest BCUT2D eigenvalue weighted by atomic mass is 19.4. The zero-order chi connectivity index (χ0) is 40.8. The van der Waals surface area contributed by atoms with E-state index in [4.69, 9.17) is 14.2 Å². The molecular weight excluding hydrogens is 765 g/mol. The Bertz CT molecular complexity index is 2480. The fourth-order valence-corrected chi connectivity index (χ4v) is 7.08. The molecule has 2 aromatic carbocycles. The van der Waals surface area contributed by atoms with Crippen molar-refractivity contribution >= 4 is 23.1 Å². The van der Waals surface area contributed by atoms with E-state index in [2.05, 4.69) is 9.97 Å². The first-order chi connectivity index (χ1) is 27.1. The predicted octanol–water partition coefficient (Wildman–Crippen LogP) is 7.29. The van der Waals surface area contributed by atoms with Gasteiger partial charge in [0.1, 0.15) is 47.4 Å². The van der Waals surface area contributed by atoms with Gasteiger partial charge in [0.2, 0.25) is 0 Å². The number of halogens is 7. The zero-order valence-electron chi connectivity index (χ0n) is 30.5. The van der Waals surface area contributed by atoms with Gasteiger partial charge in [0.15, 0.2) is 0 Å². The summed E-state index contributed by atoms with van der Waals surface area (Å²) >= 11 is 0. The SMILES string of the molecule is COc1cc(-c2cnc3cc(F)ccn23)cc2c1C(=O)N(CC(F)(F)F)CC2.COc1ccn2c(-c3cc4c(c(OC)c3)C(=O)N(CC(F)(F)F)CC4)cnc2c1. The van der Waals surface area contributed by atoms with Crippen LogP contribution < -0.4 is 14.2 Å². The molecule has 0 bridgehead atoms. The predicted molar refractivity (Wildman–Crippen MR) is 192 cm³/mol. The molecule has 18 heteroatoms.